The van der Waals surface area contributed by atoms with E-state index in [-0.39, 0.29) is 5.92 Å². The largest absolute Gasteiger partial charge is 0.295 e. The van der Waals surface area contributed by atoms with E-state index in [0.29, 0.717) is 5.78 Å². The van der Waals surface area contributed by atoms with Crippen LogP contribution in [0.5, 0.6) is 0 Å². The Labute approximate surface area is 55.8 Å². The van der Waals surface area contributed by atoms with Crippen LogP contribution < -0.4 is 0 Å². The number of carbonyl (C=O) groups is 1. The van der Waals surface area contributed by atoms with Gasteiger partial charge in [-0.3, -0.25) is 4.79 Å². The molecule has 1 aliphatic rings. The summed E-state index contributed by atoms with van der Waals surface area (Å²) in [6.45, 7) is 4.01. The zero-order valence-electron chi connectivity index (χ0n) is 5.98. The summed E-state index contributed by atoms with van der Waals surface area (Å²) in [5.41, 5.74) is 1.23. The van der Waals surface area contributed by atoms with Crippen molar-refractivity contribution in [3.63, 3.8) is 0 Å². The summed E-state index contributed by atoms with van der Waals surface area (Å²) in [7, 11) is 0. The van der Waals surface area contributed by atoms with Crippen LogP contribution >= 0.6 is 0 Å². The fourth-order valence-corrected chi connectivity index (χ4v) is 1.04. The maximum atomic E-state index is 10.9. The molecular weight excluding hydrogens is 112 g/mol. The third-order valence-electron chi connectivity index (χ3n) is 1.85. The highest BCUT2D eigenvalue weighted by Crippen LogP contribution is 2.18. The summed E-state index contributed by atoms with van der Waals surface area (Å²) in [4.78, 5) is 10.9. The first-order valence-electron chi connectivity index (χ1n) is 3.41. The van der Waals surface area contributed by atoms with E-state index in [9.17, 15) is 4.79 Å². The molecule has 0 unspecified atom stereocenters. The van der Waals surface area contributed by atoms with E-state index in [0.717, 1.165) is 12.8 Å². The van der Waals surface area contributed by atoms with Crippen molar-refractivity contribution in [2.24, 2.45) is 5.92 Å². The van der Waals surface area contributed by atoms with Crippen molar-refractivity contribution < 1.29 is 4.79 Å². The molecule has 0 aromatic rings. The predicted octanol–water partition coefficient (Wildman–Crippen LogP) is 1.93. The van der Waals surface area contributed by atoms with Gasteiger partial charge in [-0.2, -0.15) is 0 Å². The first kappa shape index (κ1) is 6.53. The number of allylic oxidation sites excluding steroid dienone is 2. The molecule has 0 bridgehead atoms. The minimum Gasteiger partial charge on any atom is -0.295 e. The Kier molecular flexibility index (Phi) is 1.70. The standard InChI is InChI=1S/C8H12O/c1-6-3-4-7(2)8(9)5-6/h5,7H,3-4H2,1-2H3/t7-/m1/s1. The molecule has 0 aromatic heterocycles. The van der Waals surface area contributed by atoms with Crippen molar-refractivity contribution in [1.82, 2.24) is 0 Å². The van der Waals surface area contributed by atoms with E-state index in [2.05, 4.69) is 0 Å². The lowest BCUT2D eigenvalue weighted by molar-refractivity contribution is -0.118. The maximum Gasteiger partial charge on any atom is 0.158 e. The first-order chi connectivity index (χ1) is 4.20. The Morgan fingerprint density at radius 2 is 2.33 bits per heavy atom. The van der Waals surface area contributed by atoms with Gasteiger partial charge < -0.3 is 0 Å². The molecule has 0 saturated heterocycles. The van der Waals surface area contributed by atoms with Gasteiger partial charge in [0.15, 0.2) is 5.78 Å². The van der Waals surface area contributed by atoms with Crippen LogP contribution in [0.25, 0.3) is 0 Å². The average molecular weight is 124 g/mol. The Bertz CT molecular complexity index is 156. The van der Waals surface area contributed by atoms with Gasteiger partial charge in [-0.1, -0.05) is 12.5 Å². The quantitative estimate of drug-likeness (QED) is 0.482. The van der Waals surface area contributed by atoms with Crippen molar-refractivity contribution in [2.45, 2.75) is 26.7 Å². The number of hydrogen-bond acceptors (Lipinski definition) is 1. The minimum atomic E-state index is 0.272. The van der Waals surface area contributed by atoms with Crippen LogP contribution in [0.4, 0.5) is 0 Å². The smallest absolute Gasteiger partial charge is 0.158 e. The molecule has 1 aliphatic carbocycles. The minimum absolute atomic E-state index is 0.272. The summed E-state index contributed by atoms with van der Waals surface area (Å²) < 4.78 is 0. The molecule has 0 saturated carbocycles. The van der Waals surface area contributed by atoms with Crippen LogP contribution in [0.15, 0.2) is 11.6 Å². The predicted molar refractivity (Wildman–Crippen MR) is 37.2 cm³/mol. The molecule has 0 radical (unpaired) electrons. The van der Waals surface area contributed by atoms with Gasteiger partial charge in [0, 0.05) is 5.92 Å². The average Bonchev–Trinajstić information content (AvgIpc) is 1.80. The second-order valence-electron chi connectivity index (χ2n) is 2.83. The zero-order chi connectivity index (χ0) is 6.85. The lowest BCUT2D eigenvalue weighted by atomic mass is 9.91. The molecule has 0 N–H and O–H groups in total. The third-order valence-corrected chi connectivity index (χ3v) is 1.85. The highest BCUT2D eigenvalue weighted by Gasteiger charge is 2.14. The lowest BCUT2D eigenvalue weighted by Gasteiger charge is -2.13. The topological polar surface area (TPSA) is 17.1 Å². The molecule has 9 heavy (non-hydrogen) atoms. The van der Waals surface area contributed by atoms with Crippen LogP contribution in [0.2, 0.25) is 0 Å². The molecule has 1 atom stereocenters. The molecule has 0 spiro atoms. The fraction of sp³-hybridized carbons (Fsp3) is 0.625. The SMILES string of the molecule is CC1=CC(=O)[C@H](C)CC1. The molecule has 0 amide bonds. The number of carbonyl (C=O) groups excluding carboxylic acids is 1. The van der Waals surface area contributed by atoms with Crippen molar-refractivity contribution in [1.29, 1.82) is 0 Å². The third kappa shape index (κ3) is 1.41. The van der Waals surface area contributed by atoms with Gasteiger partial charge >= 0.3 is 0 Å². The second kappa shape index (κ2) is 2.34. The Hall–Kier alpha value is -0.590. The van der Waals surface area contributed by atoms with Gasteiger partial charge in [0.1, 0.15) is 0 Å². The molecule has 0 aliphatic heterocycles. The zero-order valence-corrected chi connectivity index (χ0v) is 5.98. The number of ketones is 1. The number of rotatable bonds is 0. The number of hydrogen-bond donors (Lipinski definition) is 0. The van der Waals surface area contributed by atoms with Crippen LogP contribution in [-0.4, -0.2) is 5.78 Å². The van der Waals surface area contributed by atoms with Gasteiger partial charge in [0.25, 0.3) is 0 Å². The van der Waals surface area contributed by atoms with E-state index in [1.807, 2.05) is 13.8 Å². The second-order valence-corrected chi connectivity index (χ2v) is 2.83. The van der Waals surface area contributed by atoms with Crippen LogP contribution in [0.3, 0.4) is 0 Å². The van der Waals surface area contributed by atoms with E-state index in [4.69, 9.17) is 0 Å². The normalized spacial score (nSPS) is 28.0. The molecule has 1 nitrogen and oxygen atoms in total. The summed E-state index contributed by atoms with van der Waals surface area (Å²) in [6, 6.07) is 0. The Balaban J connectivity index is 2.70. The van der Waals surface area contributed by atoms with Gasteiger partial charge in [0.2, 0.25) is 0 Å². The molecule has 1 rings (SSSR count). The van der Waals surface area contributed by atoms with Crippen molar-refractivity contribution >= 4 is 5.78 Å². The highest BCUT2D eigenvalue weighted by molar-refractivity contribution is 5.92. The molecule has 1 heteroatoms. The highest BCUT2D eigenvalue weighted by atomic mass is 16.1. The fourth-order valence-electron chi connectivity index (χ4n) is 1.04. The van der Waals surface area contributed by atoms with Crippen LogP contribution in [0.1, 0.15) is 26.7 Å². The van der Waals surface area contributed by atoms with Gasteiger partial charge in [-0.15, -0.1) is 0 Å². The van der Waals surface area contributed by atoms with Gasteiger partial charge in [-0.05, 0) is 25.8 Å². The van der Waals surface area contributed by atoms with Gasteiger partial charge in [-0.25, -0.2) is 0 Å². The molecule has 0 aromatic carbocycles. The van der Waals surface area contributed by atoms with E-state index >= 15 is 0 Å². The lowest BCUT2D eigenvalue weighted by Crippen LogP contribution is -2.12. The Morgan fingerprint density at radius 1 is 1.67 bits per heavy atom. The molecule has 50 valence electrons. The summed E-state index contributed by atoms with van der Waals surface area (Å²) in [5.74, 6) is 0.576. The molecule has 0 heterocycles. The van der Waals surface area contributed by atoms with Crippen molar-refractivity contribution in [3.05, 3.63) is 11.6 Å². The van der Waals surface area contributed by atoms with Crippen LogP contribution in [0, 0.1) is 5.92 Å². The van der Waals surface area contributed by atoms with E-state index < -0.39 is 0 Å². The van der Waals surface area contributed by atoms with E-state index in [1.165, 1.54) is 5.57 Å². The van der Waals surface area contributed by atoms with Gasteiger partial charge in [0.05, 0.1) is 0 Å². The van der Waals surface area contributed by atoms with Crippen LogP contribution in [-0.2, 0) is 4.79 Å². The maximum absolute atomic E-state index is 10.9. The first-order valence-corrected chi connectivity index (χ1v) is 3.41. The van der Waals surface area contributed by atoms with Crippen molar-refractivity contribution in [2.75, 3.05) is 0 Å². The summed E-state index contributed by atoms with van der Waals surface area (Å²) in [5, 5.41) is 0. The summed E-state index contributed by atoms with van der Waals surface area (Å²) in [6.07, 6.45) is 3.92. The molecular formula is C8H12O. The summed E-state index contributed by atoms with van der Waals surface area (Å²) >= 11 is 0. The van der Waals surface area contributed by atoms with Crippen molar-refractivity contribution in [3.8, 4) is 0 Å². The van der Waals surface area contributed by atoms with E-state index in [1.54, 1.807) is 6.08 Å². The molecule has 0 fully saturated rings. The Morgan fingerprint density at radius 3 is 2.78 bits per heavy atom. The monoisotopic (exact) mass is 124 g/mol.